The molecule has 0 heterocycles. The molecule has 0 bridgehead atoms. The Labute approximate surface area is 254 Å². The van der Waals surface area contributed by atoms with E-state index in [0.717, 1.165) is 5.56 Å². The number of carbonyl (C=O) groups is 4. The Hall–Kier alpha value is -2.94. The maximum absolute atomic E-state index is 14.1. The lowest BCUT2D eigenvalue weighted by Gasteiger charge is -2.40. The maximum atomic E-state index is 14.1. The van der Waals surface area contributed by atoms with Gasteiger partial charge in [0.25, 0.3) is 0 Å². The van der Waals surface area contributed by atoms with Crippen LogP contribution in [0.3, 0.4) is 0 Å². The molecule has 0 aliphatic rings. The van der Waals surface area contributed by atoms with Crippen molar-refractivity contribution in [3.8, 4) is 0 Å². The van der Waals surface area contributed by atoms with Crippen molar-refractivity contribution in [1.29, 1.82) is 0 Å². The lowest BCUT2D eigenvalue weighted by atomic mass is 9.94. The average molecular weight is 588 g/mol. The molecule has 0 aliphatic carbocycles. The van der Waals surface area contributed by atoms with E-state index in [1.165, 1.54) is 14.7 Å². The fourth-order valence-electron chi connectivity index (χ4n) is 5.61. The monoisotopic (exact) mass is 587 g/mol. The first-order valence-electron chi connectivity index (χ1n) is 15.4. The van der Waals surface area contributed by atoms with E-state index in [2.05, 4.69) is 10.6 Å². The Kier molecular flexibility index (Phi) is 15.2. The summed E-state index contributed by atoms with van der Waals surface area (Å²) in [7, 11) is 6.68. The van der Waals surface area contributed by atoms with Crippen LogP contribution in [0, 0.1) is 23.7 Å². The smallest absolute Gasteiger partial charge is 0.246 e. The topological polar surface area (TPSA) is 102 Å². The fraction of sp³-hybridized carbons (Fsp3) is 0.697. The summed E-state index contributed by atoms with van der Waals surface area (Å²) in [5.41, 5.74) is 1.12. The quantitative estimate of drug-likeness (QED) is 0.309. The van der Waals surface area contributed by atoms with Gasteiger partial charge in [-0.05, 0) is 49.1 Å². The van der Waals surface area contributed by atoms with Crippen LogP contribution < -0.4 is 10.6 Å². The predicted octanol–water partition coefficient (Wildman–Crippen LogP) is 3.43. The van der Waals surface area contributed by atoms with E-state index in [1.807, 2.05) is 85.7 Å². The number of nitrogens with one attached hydrogen (secondary N) is 2. The summed E-state index contributed by atoms with van der Waals surface area (Å²) in [5, 5.41) is 6.07. The van der Waals surface area contributed by atoms with E-state index in [0.29, 0.717) is 19.4 Å². The zero-order valence-electron chi connectivity index (χ0n) is 28.1. The van der Waals surface area contributed by atoms with Crippen LogP contribution in [0.25, 0.3) is 0 Å². The molecule has 0 radical (unpaired) electrons. The molecule has 0 saturated carbocycles. The van der Waals surface area contributed by atoms with Crippen molar-refractivity contribution < 1.29 is 19.2 Å². The number of nitrogens with zero attached hydrogens (tertiary/aromatic N) is 3. The second-order valence-corrected chi connectivity index (χ2v) is 12.9. The summed E-state index contributed by atoms with van der Waals surface area (Å²) in [4.78, 5) is 59.3. The standard InChI is InChI=1S/C33H57N5O4/c1-21(2)20-26(36(10)32(41)27(34-9)22(3)4)31(40)38(12)29(24(7)8)33(42)37(11)28(23(5)6)30(39)35-19-18-25-16-14-13-15-17-25/h13-17,21-24,26-29,34H,18-20H2,1-12H3,(H,35,39)/t26-,27-,28-,29-/m0/s1. The lowest BCUT2D eigenvalue weighted by molar-refractivity contribution is -0.154. The third kappa shape index (κ3) is 10.1. The number of benzene rings is 1. The van der Waals surface area contributed by atoms with Crippen LogP contribution in [0.1, 0.15) is 67.4 Å². The summed E-state index contributed by atoms with van der Waals surface area (Å²) in [6.45, 7) is 16.0. The van der Waals surface area contributed by atoms with E-state index >= 15 is 0 Å². The first-order valence-corrected chi connectivity index (χ1v) is 15.4. The van der Waals surface area contributed by atoms with E-state index in [9.17, 15) is 19.2 Å². The van der Waals surface area contributed by atoms with Gasteiger partial charge in [0, 0.05) is 27.7 Å². The van der Waals surface area contributed by atoms with Gasteiger partial charge in [-0.15, -0.1) is 0 Å². The van der Waals surface area contributed by atoms with Gasteiger partial charge in [-0.3, -0.25) is 19.2 Å². The highest BCUT2D eigenvalue weighted by Gasteiger charge is 2.41. The lowest BCUT2D eigenvalue weighted by Crippen LogP contribution is -2.61. The molecule has 0 spiro atoms. The first kappa shape index (κ1) is 37.1. The largest absolute Gasteiger partial charge is 0.354 e. The van der Waals surface area contributed by atoms with Crippen LogP contribution in [0.4, 0.5) is 0 Å². The molecule has 9 heteroatoms. The van der Waals surface area contributed by atoms with Crippen LogP contribution in [0.5, 0.6) is 0 Å². The van der Waals surface area contributed by atoms with Gasteiger partial charge in [0.1, 0.15) is 18.1 Å². The summed E-state index contributed by atoms with van der Waals surface area (Å²) in [6, 6.07) is 7.26. The third-order valence-corrected chi connectivity index (χ3v) is 7.91. The molecular weight excluding hydrogens is 530 g/mol. The van der Waals surface area contributed by atoms with Crippen LogP contribution >= 0.6 is 0 Å². The molecule has 0 aromatic heterocycles. The van der Waals surface area contributed by atoms with Crippen molar-refractivity contribution in [3.05, 3.63) is 35.9 Å². The number of hydrogen-bond donors (Lipinski definition) is 2. The molecule has 1 rings (SSSR count). The molecule has 4 amide bonds. The van der Waals surface area contributed by atoms with Crippen molar-refractivity contribution in [1.82, 2.24) is 25.3 Å². The normalized spacial score (nSPS) is 14.5. The first-order chi connectivity index (χ1) is 19.6. The van der Waals surface area contributed by atoms with Gasteiger partial charge in [-0.2, -0.15) is 0 Å². The number of amides is 4. The second kappa shape index (κ2) is 17.2. The zero-order valence-corrected chi connectivity index (χ0v) is 28.1. The molecule has 4 atom stereocenters. The number of carbonyl (C=O) groups excluding carboxylic acids is 4. The summed E-state index contributed by atoms with van der Waals surface area (Å²) >= 11 is 0. The predicted molar refractivity (Wildman–Crippen MR) is 170 cm³/mol. The van der Waals surface area contributed by atoms with E-state index < -0.39 is 24.2 Å². The fourth-order valence-corrected chi connectivity index (χ4v) is 5.61. The number of rotatable bonds is 16. The van der Waals surface area contributed by atoms with Gasteiger partial charge in [0.2, 0.25) is 23.6 Å². The summed E-state index contributed by atoms with van der Waals surface area (Å²) in [6.07, 6.45) is 1.16. The molecule has 1 aromatic rings. The number of likely N-dealkylation sites (N-methyl/N-ethyl adjacent to an activating group) is 4. The Balaban J connectivity index is 3.21. The second-order valence-electron chi connectivity index (χ2n) is 12.9. The molecule has 9 nitrogen and oxygen atoms in total. The SMILES string of the molecule is CN[C@H](C(=O)N(C)[C@@H](CC(C)C)C(=O)N(C)[C@H](C(=O)N(C)[C@H](C(=O)NCCc1ccccc1)C(C)C)C(C)C)C(C)C. The minimum Gasteiger partial charge on any atom is -0.354 e. The van der Waals surface area contributed by atoms with E-state index in [1.54, 1.807) is 28.2 Å². The molecule has 2 N–H and O–H groups in total. The highest BCUT2D eigenvalue weighted by atomic mass is 16.2. The minimum atomic E-state index is -0.802. The molecule has 0 fully saturated rings. The molecule has 0 saturated heterocycles. The van der Waals surface area contributed by atoms with Gasteiger partial charge in [0.15, 0.2) is 0 Å². The van der Waals surface area contributed by atoms with Gasteiger partial charge in [-0.1, -0.05) is 85.7 Å². The Morgan fingerprint density at radius 1 is 0.690 bits per heavy atom. The molecule has 0 aliphatic heterocycles. The third-order valence-electron chi connectivity index (χ3n) is 7.91. The highest BCUT2D eigenvalue weighted by molar-refractivity contribution is 5.95. The zero-order chi connectivity index (χ0) is 32.3. The summed E-state index contributed by atoms with van der Waals surface area (Å²) in [5.74, 6) is -1.13. The minimum absolute atomic E-state index is 0.0444. The van der Waals surface area contributed by atoms with Gasteiger partial charge in [-0.25, -0.2) is 0 Å². The van der Waals surface area contributed by atoms with Gasteiger partial charge in [0.05, 0.1) is 6.04 Å². The van der Waals surface area contributed by atoms with Crippen LogP contribution in [-0.2, 0) is 25.6 Å². The van der Waals surface area contributed by atoms with E-state index in [-0.39, 0.29) is 47.3 Å². The van der Waals surface area contributed by atoms with Crippen molar-refractivity contribution in [2.24, 2.45) is 23.7 Å². The van der Waals surface area contributed by atoms with Crippen molar-refractivity contribution >= 4 is 23.6 Å². The molecule has 42 heavy (non-hydrogen) atoms. The van der Waals surface area contributed by atoms with Crippen LogP contribution in [0.2, 0.25) is 0 Å². The summed E-state index contributed by atoms with van der Waals surface area (Å²) < 4.78 is 0. The maximum Gasteiger partial charge on any atom is 0.246 e. The van der Waals surface area contributed by atoms with Crippen LogP contribution in [0.15, 0.2) is 30.3 Å². The molecule has 0 unspecified atom stereocenters. The Morgan fingerprint density at radius 2 is 1.21 bits per heavy atom. The molecular formula is C33H57N5O4. The van der Waals surface area contributed by atoms with Gasteiger partial charge >= 0.3 is 0 Å². The van der Waals surface area contributed by atoms with Crippen molar-refractivity contribution in [3.63, 3.8) is 0 Å². The molecule has 238 valence electrons. The highest BCUT2D eigenvalue weighted by Crippen LogP contribution is 2.22. The van der Waals surface area contributed by atoms with Gasteiger partial charge < -0.3 is 25.3 Å². The Morgan fingerprint density at radius 3 is 1.67 bits per heavy atom. The Bertz CT molecular complexity index is 1010. The van der Waals surface area contributed by atoms with Crippen LogP contribution in [-0.4, -0.2) is 97.2 Å². The van der Waals surface area contributed by atoms with E-state index in [4.69, 9.17) is 0 Å². The molecule has 1 aromatic carbocycles. The van der Waals surface area contributed by atoms with Crippen molar-refractivity contribution in [2.75, 3.05) is 34.7 Å². The van der Waals surface area contributed by atoms with Crippen molar-refractivity contribution in [2.45, 2.75) is 92.4 Å². The number of hydrogen-bond acceptors (Lipinski definition) is 5. The average Bonchev–Trinajstić information content (AvgIpc) is 2.91.